The molecule has 0 aromatic carbocycles. The Morgan fingerprint density at radius 2 is 2.00 bits per heavy atom. The van der Waals surface area contributed by atoms with Gasteiger partial charge in [-0.25, -0.2) is 19.9 Å². The van der Waals surface area contributed by atoms with Gasteiger partial charge in [-0.1, -0.05) is 0 Å². The number of aryl methyl sites for hydroxylation is 3. The molecule has 4 heterocycles. The van der Waals surface area contributed by atoms with Crippen molar-refractivity contribution in [1.29, 1.82) is 0 Å². The van der Waals surface area contributed by atoms with Crippen LogP contribution in [0.1, 0.15) is 41.7 Å². The van der Waals surface area contributed by atoms with Crippen LogP contribution in [0.15, 0.2) is 17.6 Å². The third kappa shape index (κ3) is 2.75. The highest BCUT2D eigenvalue weighted by Crippen LogP contribution is 2.35. The molecule has 124 valence electrons. The van der Waals surface area contributed by atoms with Crippen molar-refractivity contribution in [2.75, 3.05) is 18.0 Å². The Morgan fingerprint density at radius 3 is 2.83 bits per heavy atom. The summed E-state index contributed by atoms with van der Waals surface area (Å²) in [5.41, 5.74) is 2.42. The maximum absolute atomic E-state index is 4.79. The van der Waals surface area contributed by atoms with Gasteiger partial charge in [0.2, 0.25) is 0 Å². The van der Waals surface area contributed by atoms with Crippen molar-refractivity contribution in [3.05, 3.63) is 40.5 Å². The highest BCUT2D eigenvalue weighted by molar-refractivity contribution is 7.17. The molecule has 1 fully saturated rings. The molecule has 1 unspecified atom stereocenters. The number of hydrogen-bond donors (Lipinski definition) is 0. The first kappa shape index (κ1) is 15.4. The van der Waals surface area contributed by atoms with Crippen LogP contribution < -0.4 is 4.90 Å². The molecule has 6 heteroatoms. The van der Waals surface area contributed by atoms with E-state index in [0.29, 0.717) is 5.92 Å². The number of nitrogens with zero attached hydrogens (tertiary/aromatic N) is 5. The highest BCUT2D eigenvalue weighted by Gasteiger charge is 2.25. The van der Waals surface area contributed by atoms with Crippen molar-refractivity contribution in [3.63, 3.8) is 0 Å². The summed E-state index contributed by atoms with van der Waals surface area (Å²) >= 11 is 1.71. The zero-order chi connectivity index (χ0) is 16.7. The van der Waals surface area contributed by atoms with Crippen LogP contribution in [0.4, 0.5) is 5.82 Å². The Hall–Kier alpha value is -2.08. The number of anilines is 1. The summed E-state index contributed by atoms with van der Waals surface area (Å²) in [6.45, 7) is 8.08. The third-order valence-corrected chi connectivity index (χ3v) is 5.64. The summed E-state index contributed by atoms with van der Waals surface area (Å²) in [4.78, 5) is 21.8. The number of thiophene rings is 1. The number of aromatic nitrogens is 4. The quantitative estimate of drug-likeness (QED) is 0.711. The van der Waals surface area contributed by atoms with Gasteiger partial charge in [0, 0.05) is 30.9 Å². The molecule has 0 amide bonds. The lowest BCUT2D eigenvalue weighted by atomic mass is 9.94. The number of fused-ring (bicyclic) bond motifs is 1. The summed E-state index contributed by atoms with van der Waals surface area (Å²) in [5.74, 6) is 3.22. The summed E-state index contributed by atoms with van der Waals surface area (Å²) < 4.78 is 0. The van der Waals surface area contributed by atoms with Crippen molar-refractivity contribution in [2.24, 2.45) is 0 Å². The molecule has 3 aromatic heterocycles. The van der Waals surface area contributed by atoms with Crippen molar-refractivity contribution in [3.8, 4) is 0 Å². The minimum atomic E-state index is 0.435. The zero-order valence-electron chi connectivity index (χ0n) is 14.3. The summed E-state index contributed by atoms with van der Waals surface area (Å²) in [6, 6.07) is 2.05. The van der Waals surface area contributed by atoms with E-state index in [2.05, 4.69) is 38.2 Å². The Kier molecular flexibility index (Phi) is 3.92. The maximum atomic E-state index is 4.79. The Bertz CT molecular complexity index is 888. The first-order valence-electron chi connectivity index (χ1n) is 8.39. The van der Waals surface area contributed by atoms with Crippen molar-refractivity contribution in [1.82, 2.24) is 19.9 Å². The number of hydrogen-bond acceptors (Lipinski definition) is 6. The third-order valence-electron chi connectivity index (χ3n) is 4.65. The molecule has 0 saturated carbocycles. The van der Waals surface area contributed by atoms with E-state index in [1.807, 2.05) is 20.0 Å². The second-order valence-electron chi connectivity index (χ2n) is 6.51. The molecule has 0 bridgehead atoms. The molecule has 3 aromatic rings. The van der Waals surface area contributed by atoms with Crippen molar-refractivity contribution >= 4 is 27.4 Å². The molecule has 4 rings (SSSR count). The van der Waals surface area contributed by atoms with Gasteiger partial charge >= 0.3 is 0 Å². The fraction of sp³-hybridized carbons (Fsp3) is 0.444. The molecule has 24 heavy (non-hydrogen) atoms. The minimum Gasteiger partial charge on any atom is -0.355 e. The maximum Gasteiger partial charge on any atom is 0.141 e. The van der Waals surface area contributed by atoms with Crippen LogP contribution in [0.5, 0.6) is 0 Å². The van der Waals surface area contributed by atoms with Crippen LogP contribution >= 0.6 is 11.3 Å². The Balaban J connectivity index is 1.71. The molecule has 1 saturated heterocycles. The number of rotatable bonds is 2. The highest BCUT2D eigenvalue weighted by atomic mass is 32.1. The molecule has 0 N–H and O–H groups in total. The van der Waals surface area contributed by atoms with E-state index in [1.54, 1.807) is 11.3 Å². The standard InChI is InChI=1S/C18H21N5S/c1-11-10-24-18-16(11)17(21-13(3)22-18)23-8-4-5-14(9-23)15-6-7-19-12(2)20-15/h6-7,10,14H,4-5,8-9H2,1-3H3. The van der Waals surface area contributed by atoms with Crippen molar-refractivity contribution in [2.45, 2.75) is 39.5 Å². The van der Waals surface area contributed by atoms with Gasteiger partial charge < -0.3 is 4.90 Å². The fourth-order valence-corrected chi connectivity index (χ4v) is 4.47. The van der Waals surface area contributed by atoms with Crippen LogP contribution in [0.3, 0.4) is 0 Å². The van der Waals surface area contributed by atoms with E-state index in [4.69, 9.17) is 4.98 Å². The minimum absolute atomic E-state index is 0.435. The number of piperidine rings is 1. The smallest absolute Gasteiger partial charge is 0.141 e. The lowest BCUT2D eigenvalue weighted by molar-refractivity contribution is 0.497. The van der Waals surface area contributed by atoms with Crippen LogP contribution in [-0.4, -0.2) is 33.0 Å². The molecule has 0 radical (unpaired) electrons. The van der Waals surface area contributed by atoms with E-state index in [-0.39, 0.29) is 0 Å². The average Bonchev–Trinajstić information content (AvgIpc) is 2.95. The molecule has 1 atom stereocenters. The van der Waals surface area contributed by atoms with Gasteiger partial charge in [0.25, 0.3) is 0 Å². The molecule has 5 nitrogen and oxygen atoms in total. The zero-order valence-corrected chi connectivity index (χ0v) is 15.1. The Labute approximate surface area is 145 Å². The SMILES string of the molecule is Cc1nccc(C2CCCN(c3nc(C)nc4scc(C)c34)C2)n1. The van der Waals surface area contributed by atoms with Crippen LogP contribution in [0.2, 0.25) is 0 Å². The monoisotopic (exact) mass is 339 g/mol. The van der Waals surface area contributed by atoms with Gasteiger partial charge in [0.05, 0.1) is 5.39 Å². The summed E-state index contributed by atoms with van der Waals surface area (Å²) in [6.07, 6.45) is 4.19. The summed E-state index contributed by atoms with van der Waals surface area (Å²) in [7, 11) is 0. The van der Waals surface area contributed by atoms with E-state index in [1.165, 1.54) is 17.4 Å². The fourth-order valence-electron chi connectivity index (χ4n) is 3.51. The van der Waals surface area contributed by atoms with Crippen LogP contribution in [0, 0.1) is 20.8 Å². The van der Waals surface area contributed by atoms with Crippen LogP contribution in [0.25, 0.3) is 10.2 Å². The van der Waals surface area contributed by atoms with Gasteiger partial charge in [-0.2, -0.15) is 0 Å². The molecule has 0 spiro atoms. The topological polar surface area (TPSA) is 54.8 Å². The predicted molar refractivity (Wildman–Crippen MR) is 97.8 cm³/mol. The Morgan fingerprint density at radius 1 is 1.12 bits per heavy atom. The summed E-state index contributed by atoms with van der Waals surface area (Å²) in [5, 5.41) is 3.39. The molecule has 1 aliphatic heterocycles. The first-order valence-corrected chi connectivity index (χ1v) is 9.26. The second-order valence-corrected chi connectivity index (χ2v) is 7.37. The van der Waals surface area contributed by atoms with Gasteiger partial charge in [0.15, 0.2) is 0 Å². The largest absolute Gasteiger partial charge is 0.355 e. The lowest BCUT2D eigenvalue weighted by Gasteiger charge is -2.34. The predicted octanol–water partition coefficient (Wildman–Crippen LogP) is 3.79. The average molecular weight is 339 g/mol. The molecule has 1 aliphatic rings. The van der Waals surface area contributed by atoms with E-state index >= 15 is 0 Å². The van der Waals surface area contributed by atoms with E-state index < -0.39 is 0 Å². The van der Waals surface area contributed by atoms with Gasteiger partial charge in [-0.15, -0.1) is 11.3 Å². The van der Waals surface area contributed by atoms with Gasteiger partial charge in [-0.05, 0) is 50.6 Å². The van der Waals surface area contributed by atoms with Gasteiger partial charge in [-0.3, -0.25) is 0 Å². The van der Waals surface area contributed by atoms with E-state index in [9.17, 15) is 0 Å². The van der Waals surface area contributed by atoms with Crippen molar-refractivity contribution < 1.29 is 0 Å². The van der Waals surface area contributed by atoms with E-state index in [0.717, 1.165) is 47.5 Å². The molecule has 0 aliphatic carbocycles. The molecular weight excluding hydrogens is 318 g/mol. The first-order chi connectivity index (χ1) is 11.6. The second kappa shape index (κ2) is 6.09. The van der Waals surface area contributed by atoms with Crippen LogP contribution in [-0.2, 0) is 0 Å². The lowest BCUT2D eigenvalue weighted by Crippen LogP contribution is -2.35. The normalized spacial score (nSPS) is 18.3. The van der Waals surface area contributed by atoms with Gasteiger partial charge in [0.1, 0.15) is 22.3 Å². The molecular formula is C18H21N5S.